The van der Waals surface area contributed by atoms with Gasteiger partial charge < -0.3 is 5.73 Å². The standard InChI is InChI=1S/C11H15N3O5S2.ClH/c1-3-21(18,19)9-7-5-4-6-8(9)10(15)14(11(12)13)20(2,16)17;/h4-7H,3H2,1-2H3,(H3,12,13);1H. The average Bonchev–Trinajstić information content (AvgIpc) is 2.36. The molecule has 0 bridgehead atoms. The van der Waals surface area contributed by atoms with Gasteiger partial charge in [-0.3, -0.25) is 10.2 Å². The molecule has 0 heterocycles. The van der Waals surface area contributed by atoms with E-state index in [0.29, 0.717) is 6.26 Å². The molecule has 1 rings (SSSR count). The van der Waals surface area contributed by atoms with Gasteiger partial charge in [-0.2, -0.15) is 4.31 Å². The van der Waals surface area contributed by atoms with E-state index in [4.69, 9.17) is 11.1 Å². The van der Waals surface area contributed by atoms with Gasteiger partial charge in [-0.05, 0) is 12.1 Å². The van der Waals surface area contributed by atoms with Crippen LogP contribution in [0.5, 0.6) is 0 Å². The molecule has 1 aromatic carbocycles. The van der Waals surface area contributed by atoms with E-state index in [1.165, 1.54) is 31.2 Å². The zero-order valence-electron chi connectivity index (χ0n) is 11.8. The normalized spacial score (nSPS) is 11.4. The lowest BCUT2D eigenvalue weighted by molar-refractivity contribution is 0.0909. The van der Waals surface area contributed by atoms with Gasteiger partial charge in [-0.15, -0.1) is 12.4 Å². The highest BCUT2D eigenvalue weighted by atomic mass is 35.5. The third kappa shape index (κ3) is 4.18. The van der Waals surface area contributed by atoms with Crippen LogP contribution < -0.4 is 5.73 Å². The lowest BCUT2D eigenvalue weighted by atomic mass is 10.2. The van der Waals surface area contributed by atoms with E-state index in [1.54, 1.807) is 0 Å². The fraction of sp³-hybridized carbons (Fsp3) is 0.273. The lowest BCUT2D eigenvalue weighted by Gasteiger charge is -2.19. The quantitative estimate of drug-likeness (QED) is 0.574. The lowest BCUT2D eigenvalue weighted by Crippen LogP contribution is -2.45. The van der Waals surface area contributed by atoms with Crippen LogP contribution >= 0.6 is 12.4 Å². The van der Waals surface area contributed by atoms with Crippen molar-refractivity contribution >= 4 is 44.1 Å². The zero-order valence-corrected chi connectivity index (χ0v) is 14.3. The number of guanidine groups is 1. The number of nitrogens with zero attached hydrogens (tertiary/aromatic N) is 1. The number of carbonyl (C=O) groups excluding carboxylic acids is 1. The molecule has 0 saturated carbocycles. The van der Waals surface area contributed by atoms with Crippen LogP contribution in [0.1, 0.15) is 17.3 Å². The Morgan fingerprint density at radius 3 is 2.14 bits per heavy atom. The average molecular weight is 370 g/mol. The number of carbonyl (C=O) groups is 1. The number of hydrogen-bond donors (Lipinski definition) is 2. The minimum Gasteiger partial charge on any atom is -0.369 e. The number of rotatable bonds is 4. The first-order valence-corrected chi connectivity index (χ1v) is 9.23. The van der Waals surface area contributed by atoms with Gasteiger partial charge in [0.05, 0.1) is 22.5 Å². The number of nitrogens with one attached hydrogen (secondary N) is 1. The number of benzene rings is 1. The first-order valence-electron chi connectivity index (χ1n) is 5.72. The highest BCUT2D eigenvalue weighted by molar-refractivity contribution is 7.91. The molecule has 0 aromatic heterocycles. The first kappa shape index (κ1) is 20.3. The van der Waals surface area contributed by atoms with E-state index >= 15 is 0 Å². The minimum absolute atomic E-state index is 0. The summed E-state index contributed by atoms with van der Waals surface area (Å²) in [7, 11) is -7.87. The Kier molecular flexibility index (Phi) is 6.54. The highest BCUT2D eigenvalue weighted by Gasteiger charge is 2.31. The number of amides is 1. The maximum absolute atomic E-state index is 12.3. The smallest absolute Gasteiger partial charge is 0.275 e. The molecule has 0 aliphatic carbocycles. The second-order valence-corrected chi connectivity index (χ2v) is 8.20. The molecular formula is C11H16ClN3O5S2. The van der Waals surface area contributed by atoms with Crippen LogP contribution in [0.15, 0.2) is 29.2 Å². The van der Waals surface area contributed by atoms with Gasteiger partial charge in [0.1, 0.15) is 0 Å². The third-order valence-corrected chi connectivity index (χ3v) is 5.38. The molecule has 1 amide bonds. The Morgan fingerprint density at radius 1 is 1.23 bits per heavy atom. The van der Waals surface area contributed by atoms with Crippen molar-refractivity contribution in [1.29, 1.82) is 5.41 Å². The topological polar surface area (TPSA) is 138 Å². The third-order valence-electron chi connectivity index (χ3n) is 2.57. The predicted molar refractivity (Wildman–Crippen MR) is 84.3 cm³/mol. The summed E-state index contributed by atoms with van der Waals surface area (Å²) in [6, 6.07) is 5.18. The number of nitrogens with two attached hydrogens (primary N) is 1. The largest absolute Gasteiger partial charge is 0.369 e. The Labute approximate surface area is 135 Å². The Hall–Kier alpha value is -1.65. The van der Waals surface area contributed by atoms with Crippen molar-refractivity contribution in [3.63, 3.8) is 0 Å². The summed E-state index contributed by atoms with van der Waals surface area (Å²) in [4.78, 5) is 12.0. The molecule has 0 radical (unpaired) electrons. The number of hydrogen-bond acceptors (Lipinski definition) is 6. The van der Waals surface area contributed by atoms with Crippen LogP contribution in [-0.4, -0.2) is 45.0 Å². The molecule has 124 valence electrons. The van der Waals surface area contributed by atoms with Crippen molar-refractivity contribution in [3.05, 3.63) is 29.8 Å². The number of sulfonamides is 1. The Morgan fingerprint density at radius 2 is 1.73 bits per heavy atom. The summed E-state index contributed by atoms with van der Waals surface area (Å²) >= 11 is 0. The molecule has 8 nitrogen and oxygen atoms in total. The maximum atomic E-state index is 12.3. The summed E-state index contributed by atoms with van der Waals surface area (Å²) in [5, 5.41) is 7.21. The molecule has 0 unspecified atom stereocenters. The molecule has 0 aliphatic rings. The van der Waals surface area contributed by atoms with Crippen LogP contribution in [0.25, 0.3) is 0 Å². The van der Waals surface area contributed by atoms with Crippen molar-refractivity contribution in [2.45, 2.75) is 11.8 Å². The van der Waals surface area contributed by atoms with Crippen LogP contribution in [0.4, 0.5) is 0 Å². The van der Waals surface area contributed by atoms with E-state index in [-0.39, 0.29) is 32.9 Å². The molecule has 22 heavy (non-hydrogen) atoms. The van der Waals surface area contributed by atoms with Crippen LogP contribution in [0.2, 0.25) is 0 Å². The van der Waals surface area contributed by atoms with E-state index < -0.39 is 31.7 Å². The summed E-state index contributed by atoms with van der Waals surface area (Å²) in [5.41, 5.74) is 4.77. The molecule has 0 spiro atoms. The van der Waals surface area contributed by atoms with Crippen LogP contribution in [0, 0.1) is 5.41 Å². The fourth-order valence-corrected chi connectivity index (χ4v) is 3.46. The summed E-state index contributed by atoms with van der Waals surface area (Å²) in [6.07, 6.45) is 0.698. The van der Waals surface area contributed by atoms with Crippen LogP contribution in [0.3, 0.4) is 0 Å². The maximum Gasteiger partial charge on any atom is 0.275 e. The van der Waals surface area contributed by atoms with E-state index in [9.17, 15) is 21.6 Å². The number of halogens is 1. The van der Waals surface area contributed by atoms with Crippen molar-refractivity contribution in [2.24, 2.45) is 5.73 Å². The molecular weight excluding hydrogens is 354 g/mol. The van der Waals surface area contributed by atoms with Gasteiger partial charge >= 0.3 is 0 Å². The van der Waals surface area contributed by atoms with Gasteiger partial charge in [0, 0.05) is 0 Å². The second kappa shape index (κ2) is 7.07. The summed E-state index contributed by atoms with van der Waals surface area (Å²) in [5.74, 6) is -2.44. The van der Waals surface area contributed by atoms with Crippen molar-refractivity contribution in [3.8, 4) is 0 Å². The monoisotopic (exact) mass is 369 g/mol. The molecule has 1 aromatic rings. The first-order chi connectivity index (χ1) is 9.52. The summed E-state index contributed by atoms with van der Waals surface area (Å²) in [6.45, 7) is 1.40. The Balaban J connectivity index is 0.00000441. The molecule has 0 aliphatic heterocycles. The van der Waals surface area contributed by atoms with Crippen LogP contribution in [-0.2, 0) is 19.9 Å². The highest BCUT2D eigenvalue weighted by Crippen LogP contribution is 2.19. The number of sulfone groups is 1. The van der Waals surface area contributed by atoms with Crippen molar-refractivity contribution in [2.75, 3.05) is 12.0 Å². The second-order valence-electron chi connectivity index (χ2n) is 4.12. The zero-order chi connectivity index (χ0) is 16.4. The van der Waals surface area contributed by atoms with E-state index in [1.807, 2.05) is 0 Å². The van der Waals surface area contributed by atoms with Crippen molar-refractivity contribution in [1.82, 2.24) is 4.31 Å². The summed E-state index contributed by atoms with van der Waals surface area (Å²) < 4.78 is 47.1. The Bertz CT molecular complexity index is 790. The SMILES string of the molecule is CCS(=O)(=O)c1ccccc1C(=O)N(C(=N)N)S(C)(=O)=O.Cl. The van der Waals surface area contributed by atoms with Gasteiger partial charge in [0.2, 0.25) is 16.0 Å². The molecule has 0 fully saturated rings. The minimum atomic E-state index is -4.14. The predicted octanol–water partition coefficient (Wildman–Crippen LogP) is 0.197. The molecule has 0 atom stereocenters. The van der Waals surface area contributed by atoms with Gasteiger partial charge in [-0.25, -0.2) is 16.8 Å². The molecule has 0 saturated heterocycles. The van der Waals surface area contributed by atoms with Gasteiger partial charge in [0.15, 0.2) is 9.84 Å². The van der Waals surface area contributed by atoms with E-state index in [2.05, 4.69) is 0 Å². The van der Waals surface area contributed by atoms with Crippen molar-refractivity contribution < 1.29 is 21.6 Å². The molecule has 3 N–H and O–H groups in total. The molecule has 11 heteroatoms. The van der Waals surface area contributed by atoms with Gasteiger partial charge in [0.25, 0.3) is 5.91 Å². The fourth-order valence-electron chi connectivity index (χ4n) is 1.62. The van der Waals surface area contributed by atoms with E-state index in [0.717, 1.165) is 0 Å². The van der Waals surface area contributed by atoms with Gasteiger partial charge in [-0.1, -0.05) is 19.1 Å².